The van der Waals surface area contributed by atoms with Crippen molar-refractivity contribution in [2.75, 3.05) is 11.4 Å². The van der Waals surface area contributed by atoms with Gasteiger partial charge in [0.05, 0.1) is 11.4 Å². The monoisotopic (exact) mass is 464 g/mol. The highest BCUT2D eigenvalue weighted by Crippen LogP contribution is 2.30. The summed E-state index contributed by atoms with van der Waals surface area (Å²) in [7, 11) is 0. The first-order chi connectivity index (χ1) is 16.2. The average molecular weight is 465 g/mol. The van der Waals surface area contributed by atoms with E-state index in [1.54, 1.807) is 4.90 Å². The average Bonchev–Trinajstić information content (AvgIpc) is 2.89. The Bertz CT molecular complexity index is 1060. The molecular weight excluding hydrogens is 432 g/mol. The van der Waals surface area contributed by atoms with Crippen molar-refractivity contribution in [3.63, 3.8) is 0 Å². The Hall–Kier alpha value is -3.48. The lowest BCUT2D eigenvalue weighted by molar-refractivity contribution is -0.155. The summed E-state index contributed by atoms with van der Waals surface area (Å²) in [5.74, 6) is -1.42. The fourth-order valence-electron chi connectivity index (χ4n) is 3.93. The Morgan fingerprint density at radius 2 is 1.68 bits per heavy atom. The molecule has 1 atom stereocenters. The van der Waals surface area contributed by atoms with Crippen LogP contribution in [0.25, 0.3) is 0 Å². The number of benzodiazepines with no additional fused rings is 1. The summed E-state index contributed by atoms with van der Waals surface area (Å²) in [6.45, 7) is 5.80. The first-order valence-electron chi connectivity index (χ1n) is 11.6. The number of rotatable bonds is 9. The number of aliphatic imine (C=N–C) groups is 1. The predicted molar refractivity (Wildman–Crippen MR) is 131 cm³/mol. The van der Waals surface area contributed by atoms with Crippen molar-refractivity contribution in [1.29, 1.82) is 0 Å². The van der Waals surface area contributed by atoms with E-state index in [4.69, 9.17) is 14.8 Å². The number of carbonyl (C=O) groups is 3. The minimum atomic E-state index is -0.854. The molecule has 2 aromatic carbocycles. The van der Waals surface area contributed by atoms with Crippen LogP contribution in [0.1, 0.15) is 64.0 Å². The van der Waals surface area contributed by atoms with Crippen LogP contribution in [0, 0.1) is 0 Å². The third kappa shape index (κ3) is 6.76. The predicted octanol–water partition coefficient (Wildman–Crippen LogP) is 4.62. The molecule has 1 N–H and O–H groups in total. The number of aliphatic carboxylic acids is 1. The van der Waals surface area contributed by atoms with Gasteiger partial charge in [-0.1, -0.05) is 48.5 Å². The Morgan fingerprint density at radius 1 is 1.00 bits per heavy atom. The van der Waals surface area contributed by atoms with Crippen LogP contribution in [0.4, 0.5) is 5.69 Å². The number of para-hydroxylation sites is 1. The number of esters is 1. The van der Waals surface area contributed by atoms with Crippen LogP contribution in [-0.2, 0) is 19.1 Å². The molecule has 1 aliphatic heterocycles. The summed E-state index contributed by atoms with van der Waals surface area (Å²) in [4.78, 5) is 43.5. The van der Waals surface area contributed by atoms with Gasteiger partial charge in [0.2, 0.25) is 0 Å². The topological polar surface area (TPSA) is 96.3 Å². The zero-order valence-electron chi connectivity index (χ0n) is 20.0. The van der Waals surface area contributed by atoms with Crippen molar-refractivity contribution in [2.24, 2.45) is 4.99 Å². The second-order valence-electron chi connectivity index (χ2n) is 9.34. The third-order valence-corrected chi connectivity index (χ3v) is 5.40. The Kier molecular flexibility index (Phi) is 8.21. The molecule has 1 aliphatic rings. The van der Waals surface area contributed by atoms with Gasteiger partial charge in [0.15, 0.2) is 0 Å². The van der Waals surface area contributed by atoms with E-state index in [0.717, 1.165) is 16.8 Å². The largest absolute Gasteiger partial charge is 0.481 e. The van der Waals surface area contributed by atoms with Crippen LogP contribution >= 0.6 is 0 Å². The van der Waals surface area contributed by atoms with Gasteiger partial charge in [0.25, 0.3) is 5.91 Å². The van der Waals surface area contributed by atoms with Crippen molar-refractivity contribution >= 4 is 29.2 Å². The van der Waals surface area contributed by atoms with Crippen LogP contribution in [0.2, 0.25) is 0 Å². The van der Waals surface area contributed by atoms with Crippen LogP contribution < -0.4 is 4.90 Å². The number of ether oxygens (including phenoxy) is 1. The van der Waals surface area contributed by atoms with Crippen LogP contribution in [0.3, 0.4) is 0 Å². The summed E-state index contributed by atoms with van der Waals surface area (Å²) in [6.07, 6.45) is 1.37. The third-order valence-electron chi connectivity index (χ3n) is 5.40. The van der Waals surface area contributed by atoms with Gasteiger partial charge in [-0.2, -0.15) is 0 Å². The molecule has 7 nitrogen and oxygen atoms in total. The van der Waals surface area contributed by atoms with Crippen molar-refractivity contribution in [3.8, 4) is 0 Å². The molecule has 3 rings (SSSR count). The molecule has 0 aromatic heterocycles. The molecule has 0 fully saturated rings. The van der Waals surface area contributed by atoms with E-state index in [-0.39, 0.29) is 31.1 Å². The number of amides is 1. The highest BCUT2D eigenvalue weighted by atomic mass is 16.6. The molecule has 7 heteroatoms. The number of carbonyl (C=O) groups excluding carboxylic acids is 2. The van der Waals surface area contributed by atoms with Crippen LogP contribution in [0.5, 0.6) is 0 Å². The van der Waals surface area contributed by atoms with E-state index in [0.29, 0.717) is 25.1 Å². The Balaban J connectivity index is 1.94. The van der Waals surface area contributed by atoms with Gasteiger partial charge in [-0.25, -0.2) is 0 Å². The molecule has 34 heavy (non-hydrogen) atoms. The SMILES string of the molecule is CC(C)(C)OC(=O)CC[C@@H]1N=C(c2ccccc2)c2ccccc2N(CCCCC(=O)O)C1=O. The molecule has 0 saturated heterocycles. The summed E-state index contributed by atoms with van der Waals surface area (Å²) >= 11 is 0. The molecule has 1 heterocycles. The second kappa shape index (κ2) is 11.1. The Labute approximate surface area is 200 Å². The number of benzene rings is 2. The molecule has 1 amide bonds. The van der Waals surface area contributed by atoms with E-state index < -0.39 is 17.6 Å². The van der Waals surface area contributed by atoms with Crippen molar-refractivity contribution in [1.82, 2.24) is 0 Å². The zero-order chi connectivity index (χ0) is 24.7. The van der Waals surface area contributed by atoms with Gasteiger partial charge in [0.1, 0.15) is 11.6 Å². The molecule has 0 unspecified atom stereocenters. The molecule has 0 radical (unpaired) electrons. The smallest absolute Gasteiger partial charge is 0.306 e. The first-order valence-corrected chi connectivity index (χ1v) is 11.6. The van der Waals surface area contributed by atoms with Crippen molar-refractivity contribution in [3.05, 3.63) is 65.7 Å². The number of hydrogen-bond acceptors (Lipinski definition) is 5. The lowest BCUT2D eigenvalue weighted by Gasteiger charge is -2.25. The number of carboxylic acid groups (broad SMARTS) is 1. The number of hydrogen-bond donors (Lipinski definition) is 1. The lowest BCUT2D eigenvalue weighted by Crippen LogP contribution is -2.39. The van der Waals surface area contributed by atoms with Gasteiger partial charge in [-0.05, 0) is 46.1 Å². The van der Waals surface area contributed by atoms with Crippen molar-refractivity contribution in [2.45, 2.75) is 64.5 Å². The van der Waals surface area contributed by atoms with E-state index in [1.165, 1.54) is 0 Å². The normalized spacial score (nSPS) is 15.9. The molecule has 0 spiro atoms. The molecule has 180 valence electrons. The molecule has 0 saturated carbocycles. The fraction of sp³-hybridized carbons (Fsp3) is 0.407. The number of unbranched alkanes of at least 4 members (excludes halogenated alkanes) is 1. The van der Waals surface area contributed by atoms with Crippen molar-refractivity contribution < 1.29 is 24.2 Å². The summed E-state index contributed by atoms with van der Waals surface area (Å²) in [5, 5.41) is 8.97. The van der Waals surface area contributed by atoms with E-state index in [2.05, 4.69) is 0 Å². The lowest BCUT2D eigenvalue weighted by atomic mass is 10.00. The minimum Gasteiger partial charge on any atom is -0.481 e. The zero-order valence-corrected chi connectivity index (χ0v) is 20.0. The summed E-state index contributed by atoms with van der Waals surface area (Å²) in [5.41, 5.74) is 2.56. The van der Waals surface area contributed by atoms with Crippen LogP contribution in [0.15, 0.2) is 59.6 Å². The van der Waals surface area contributed by atoms with Gasteiger partial charge in [-0.3, -0.25) is 19.4 Å². The van der Waals surface area contributed by atoms with Gasteiger partial charge < -0.3 is 14.7 Å². The van der Waals surface area contributed by atoms with E-state index >= 15 is 0 Å². The maximum absolute atomic E-state index is 13.7. The number of fused-ring (bicyclic) bond motifs is 1. The summed E-state index contributed by atoms with van der Waals surface area (Å²) < 4.78 is 5.43. The van der Waals surface area contributed by atoms with E-state index in [9.17, 15) is 14.4 Å². The fourth-order valence-corrected chi connectivity index (χ4v) is 3.93. The summed E-state index contributed by atoms with van der Waals surface area (Å²) in [6, 6.07) is 16.5. The van der Waals surface area contributed by atoms with E-state index in [1.807, 2.05) is 75.4 Å². The van der Waals surface area contributed by atoms with Gasteiger partial charge >= 0.3 is 11.9 Å². The molecule has 0 aliphatic carbocycles. The highest BCUT2D eigenvalue weighted by molar-refractivity contribution is 6.20. The number of nitrogens with zero attached hydrogens (tertiary/aromatic N) is 2. The highest BCUT2D eigenvalue weighted by Gasteiger charge is 2.32. The van der Waals surface area contributed by atoms with Gasteiger partial charge in [0, 0.05) is 30.5 Å². The first kappa shape index (κ1) is 25.1. The maximum atomic E-state index is 13.7. The maximum Gasteiger partial charge on any atom is 0.306 e. The van der Waals surface area contributed by atoms with Crippen LogP contribution in [-0.4, -0.2) is 46.9 Å². The quantitative estimate of drug-likeness (QED) is 0.432. The molecule has 0 bridgehead atoms. The standard InChI is InChI=1S/C27H32N2O5/c1-27(2,3)34-24(32)17-16-21-26(33)29(18-10-9-15-23(30)31)22-14-8-7-13-20(22)25(28-21)19-11-5-4-6-12-19/h4-8,11-14,21H,9-10,15-18H2,1-3H3,(H,30,31)/t21-/m0/s1. The minimum absolute atomic E-state index is 0.0531. The molecule has 2 aromatic rings. The van der Waals surface area contributed by atoms with Gasteiger partial charge in [-0.15, -0.1) is 0 Å². The number of carboxylic acids is 1. The second-order valence-corrected chi connectivity index (χ2v) is 9.34. The number of anilines is 1. The Morgan fingerprint density at radius 3 is 2.35 bits per heavy atom. The molecular formula is C27H32N2O5.